The van der Waals surface area contributed by atoms with Gasteiger partial charge in [0, 0.05) is 4.88 Å². The Morgan fingerprint density at radius 1 is 1.65 bits per heavy atom. The van der Waals surface area contributed by atoms with Crippen LogP contribution in [-0.2, 0) is 11.2 Å². The molecule has 20 heavy (non-hydrogen) atoms. The van der Waals surface area contributed by atoms with Crippen LogP contribution in [0.3, 0.4) is 0 Å². The van der Waals surface area contributed by atoms with Gasteiger partial charge in [0.15, 0.2) is 8.29 Å². The van der Waals surface area contributed by atoms with Crippen molar-refractivity contribution in [3.8, 4) is 0 Å². The second-order valence-electron chi connectivity index (χ2n) is 4.48. The number of carbonyl (C=O) groups is 1. The molecule has 3 rings (SSSR count). The van der Waals surface area contributed by atoms with Gasteiger partial charge in [0.1, 0.15) is 0 Å². The Labute approximate surface area is 134 Å². The molecule has 0 spiro atoms. The maximum absolute atomic E-state index is 12.0. The highest BCUT2D eigenvalue weighted by Gasteiger charge is 2.22. The molecule has 0 saturated carbocycles. The van der Waals surface area contributed by atoms with Gasteiger partial charge < -0.3 is 5.32 Å². The Morgan fingerprint density at radius 3 is 3.35 bits per heavy atom. The van der Waals surface area contributed by atoms with Crippen molar-refractivity contribution in [2.24, 2.45) is 0 Å². The zero-order valence-corrected chi connectivity index (χ0v) is 13.8. The number of thioether (sulfide) groups is 1. The zero-order valence-electron chi connectivity index (χ0n) is 10.5. The number of carbonyl (C=O) groups excluding carboxylic acids is 1. The molecule has 0 aromatic carbocycles. The Morgan fingerprint density at radius 2 is 2.55 bits per heavy atom. The summed E-state index contributed by atoms with van der Waals surface area (Å²) in [4.78, 5) is 13.5. The van der Waals surface area contributed by atoms with Crippen molar-refractivity contribution < 1.29 is 4.79 Å². The maximum atomic E-state index is 12.0. The summed E-state index contributed by atoms with van der Waals surface area (Å²) in [5.74, 6) is 0.437. The molecule has 0 fully saturated rings. The van der Waals surface area contributed by atoms with E-state index in [1.54, 1.807) is 11.3 Å². The molecule has 0 aliphatic heterocycles. The largest absolute Gasteiger partial charge is 0.349 e. The molecule has 1 aliphatic rings. The third-order valence-corrected chi connectivity index (χ3v) is 6.36. The predicted molar refractivity (Wildman–Crippen MR) is 86.2 cm³/mol. The highest BCUT2D eigenvalue weighted by molar-refractivity contribution is 8.01. The van der Waals surface area contributed by atoms with Gasteiger partial charge in [0.25, 0.3) is 0 Å². The molecule has 1 aliphatic carbocycles. The molecule has 2 aromatic heterocycles. The summed E-state index contributed by atoms with van der Waals surface area (Å²) in [6.07, 6.45) is 3.32. The summed E-state index contributed by atoms with van der Waals surface area (Å²) in [5.41, 5.74) is 1.30. The smallest absolute Gasteiger partial charge is 0.230 e. The van der Waals surface area contributed by atoms with Gasteiger partial charge in [-0.2, -0.15) is 5.10 Å². The molecule has 0 unspecified atom stereocenters. The monoisotopic (exact) mass is 343 g/mol. The number of aromatic amines is 1. The Balaban J connectivity index is 1.56. The second-order valence-corrected chi connectivity index (χ2v) is 8.37. The van der Waals surface area contributed by atoms with E-state index in [1.165, 1.54) is 33.5 Å². The summed E-state index contributed by atoms with van der Waals surface area (Å²) in [6, 6.07) is 2.31. The first kappa shape index (κ1) is 14.2. The quantitative estimate of drug-likeness (QED) is 0.658. The fraction of sp³-hybridized carbons (Fsp3) is 0.417. The summed E-state index contributed by atoms with van der Waals surface area (Å²) in [5, 5.41) is 12.0. The van der Waals surface area contributed by atoms with Gasteiger partial charge in [-0.05, 0) is 48.5 Å². The summed E-state index contributed by atoms with van der Waals surface area (Å²) >= 11 is 9.57. The number of aryl methyl sites for hydroxylation is 1. The van der Waals surface area contributed by atoms with Crippen LogP contribution in [-0.4, -0.2) is 21.9 Å². The number of thiophene rings is 1. The van der Waals surface area contributed by atoms with Crippen molar-refractivity contribution >= 4 is 52.6 Å². The van der Waals surface area contributed by atoms with Crippen LogP contribution in [0.25, 0.3) is 0 Å². The first-order chi connectivity index (χ1) is 9.72. The molecular weight excluding hydrogens is 330 g/mol. The van der Waals surface area contributed by atoms with Crippen LogP contribution in [0, 0.1) is 3.95 Å². The number of amides is 1. The third kappa shape index (κ3) is 3.30. The summed E-state index contributed by atoms with van der Waals surface area (Å²) in [6.45, 7) is 0. The van der Waals surface area contributed by atoms with E-state index in [-0.39, 0.29) is 11.9 Å². The second kappa shape index (κ2) is 6.38. The lowest BCUT2D eigenvalue weighted by molar-refractivity contribution is -0.119. The van der Waals surface area contributed by atoms with Gasteiger partial charge in [0.2, 0.25) is 5.91 Å². The van der Waals surface area contributed by atoms with Gasteiger partial charge in [-0.25, -0.2) is 0 Å². The van der Waals surface area contributed by atoms with E-state index in [2.05, 4.69) is 27.0 Å². The first-order valence-electron chi connectivity index (χ1n) is 6.26. The zero-order chi connectivity index (χ0) is 13.9. The van der Waals surface area contributed by atoms with E-state index < -0.39 is 0 Å². The van der Waals surface area contributed by atoms with Crippen molar-refractivity contribution in [1.29, 1.82) is 0 Å². The molecular formula is C12H13N3OS4. The van der Waals surface area contributed by atoms with Gasteiger partial charge in [-0.15, -0.1) is 11.3 Å². The lowest BCUT2D eigenvalue weighted by Gasteiger charge is -2.23. The van der Waals surface area contributed by atoms with E-state index in [0.29, 0.717) is 9.71 Å². The normalized spacial score (nSPS) is 17.7. The molecule has 8 heteroatoms. The van der Waals surface area contributed by atoms with Crippen LogP contribution in [0.15, 0.2) is 15.8 Å². The number of nitrogens with zero attached hydrogens (tertiary/aromatic N) is 1. The van der Waals surface area contributed by atoms with Crippen LogP contribution in [0.4, 0.5) is 0 Å². The summed E-state index contributed by atoms with van der Waals surface area (Å²) in [7, 11) is 0. The van der Waals surface area contributed by atoms with E-state index >= 15 is 0 Å². The minimum absolute atomic E-state index is 0.0557. The standard InChI is InChI=1S/C12H13N3OS4/c16-10(6-19-12-15-14-11(17)20-12)13-8-2-1-3-9-7(8)4-5-18-9/h4-5,8H,1-3,6H2,(H,13,16)(H,14,17)/t8-/m0/s1. The molecule has 0 radical (unpaired) electrons. The van der Waals surface area contributed by atoms with E-state index in [0.717, 1.165) is 23.6 Å². The van der Waals surface area contributed by atoms with Gasteiger partial charge in [-0.1, -0.05) is 23.1 Å². The molecule has 0 saturated heterocycles. The molecule has 0 bridgehead atoms. The van der Waals surface area contributed by atoms with Crippen molar-refractivity contribution in [1.82, 2.24) is 15.5 Å². The molecule has 2 aromatic rings. The van der Waals surface area contributed by atoms with Crippen molar-refractivity contribution in [2.75, 3.05) is 5.75 Å². The van der Waals surface area contributed by atoms with Gasteiger partial charge in [-0.3, -0.25) is 9.89 Å². The first-order valence-corrected chi connectivity index (χ1v) is 9.35. The van der Waals surface area contributed by atoms with Crippen LogP contribution < -0.4 is 5.32 Å². The predicted octanol–water partition coefficient (Wildman–Crippen LogP) is 3.55. The third-order valence-electron chi connectivity index (χ3n) is 3.13. The number of nitrogens with one attached hydrogen (secondary N) is 2. The minimum Gasteiger partial charge on any atom is -0.349 e. The fourth-order valence-corrected chi connectivity index (χ4v) is 5.16. The van der Waals surface area contributed by atoms with Crippen molar-refractivity contribution in [3.63, 3.8) is 0 Å². The van der Waals surface area contributed by atoms with Crippen LogP contribution in [0.1, 0.15) is 29.3 Å². The minimum atomic E-state index is 0.0557. The topological polar surface area (TPSA) is 57.8 Å². The molecule has 4 nitrogen and oxygen atoms in total. The molecule has 106 valence electrons. The fourth-order valence-electron chi connectivity index (χ4n) is 2.28. The molecule has 1 amide bonds. The van der Waals surface area contributed by atoms with Crippen LogP contribution in [0.2, 0.25) is 0 Å². The number of hydrogen-bond acceptors (Lipinski definition) is 6. The lowest BCUT2D eigenvalue weighted by Crippen LogP contribution is -2.31. The van der Waals surface area contributed by atoms with Crippen molar-refractivity contribution in [2.45, 2.75) is 29.6 Å². The van der Waals surface area contributed by atoms with Gasteiger partial charge in [0.05, 0.1) is 11.8 Å². The van der Waals surface area contributed by atoms with Crippen LogP contribution >= 0.6 is 46.7 Å². The number of hydrogen-bond donors (Lipinski definition) is 2. The number of aromatic nitrogens is 2. The van der Waals surface area contributed by atoms with Crippen LogP contribution in [0.5, 0.6) is 0 Å². The van der Waals surface area contributed by atoms with E-state index in [9.17, 15) is 4.79 Å². The highest BCUT2D eigenvalue weighted by atomic mass is 32.2. The average Bonchev–Trinajstić information content (AvgIpc) is 3.05. The Kier molecular flexibility index (Phi) is 4.54. The van der Waals surface area contributed by atoms with E-state index in [4.69, 9.17) is 12.2 Å². The number of H-pyrrole nitrogens is 1. The highest BCUT2D eigenvalue weighted by Crippen LogP contribution is 2.33. The summed E-state index contributed by atoms with van der Waals surface area (Å²) < 4.78 is 1.45. The van der Waals surface area contributed by atoms with Crippen molar-refractivity contribution in [3.05, 3.63) is 25.8 Å². The average molecular weight is 344 g/mol. The Hall–Kier alpha value is -0.700. The van der Waals surface area contributed by atoms with Gasteiger partial charge >= 0.3 is 0 Å². The Bertz CT molecular complexity index is 659. The SMILES string of the molecule is O=C(CSc1n[nH]c(=S)s1)N[C@H]1CCCc2sccc21. The molecule has 2 N–H and O–H groups in total. The maximum Gasteiger partial charge on any atom is 0.230 e. The number of rotatable bonds is 4. The van der Waals surface area contributed by atoms with E-state index in [1.807, 2.05) is 0 Å². The number of fused-ring (bicyclic) bond motifs is 1. The lowest BCUT2D eigenvalue weighted by atomic mass is 9.94. The molecule has 2 heterocycles. The molecule has 1 atom stereocenters.